The molecule has 6 heteroatoms. The van der Waals surface area contributed by atoms with Gasteiger partial charge in [-0.3, -0.25) is 9.78 Å². The van der Waals surface area contributed by atoms with Crippen molar-refractivity contribution < 1.29 is 4.79 Å². The number of hydrogen-bond acceptors (Lipinski definition) is 3. The van der Waals surface area contributed by atoms with Crippen LogP contribution in [0.4, 0.5) is 5.69 Å². The zero-order valence-electron chi connectivity index (χ0n) is 14.9. The van der Waals surface area contributed by atoms with E-state index >= 15 is 0 Å². The highest BCUT2D eigenvalue weighted by atomic mass is 79.9. The summed E-state index contributed by atoms with van der Waals surface area (Å²) >= 11 is 3.45. The molecule has 0 saturated heterocycles. The van der Waals surface area contributed by atoms with Crippen LogP contribution in [0.5, 0.6) is 0 Å². The molecule has 4 aromatic rings. The van der Waals surface area contributed by atoms with Crippen LogP contribution in [0.15, 0.2) is 95.9 Å². The maximum absolute atomic E-state index is 13.3. The molecular formula is C22H17BrN4O. The lowest BCUT2D eigenvalue weighted by Gasteiger charge is -2.23. The highest BCUT2D eigenvalue weighted by molar-refractivity contribution is 9.10. The maximum atomic E-state index is 13.3. The summed E-state index contributed by atoms with van der Waals surface area (Å²) in [6.07, 6.45) is 5.33. The van der Waals surface area contributed by atoms with Gasteiger partial charge in [0, 0.05) is 34.3 Å². The number of rotatable bonds is 5. The third-order valence-corrected chi connectivity index (χ3v) is 4.84. The molecule has 4 rings (SSSR count). The number of pyridine rings is 1. The van der Waals surface area contributed by atoms with Crippen LogP contribution < -0.4 is 4.90 Å². The molecule has 2 heterocycles. The van der Waals surface area contributed by atoms with E-state index in [1.807, 2.05) is 79.0 Å². The van der Waals surface area contributed by atoms with Crippen molar-refractivity contribution in [2.75, 3.05) is 4.90 Å². The number of anilines is 1. The molecule has 0 aliphatic heterocycles. The van der Waals surface area contributed by atoms with Crippen molar-refractivity contribution >= 4 is 27.5 Å². The summed E-state index contributed by atoms with van der Waals surface area (Å²) in [5.74, 6) is -0.0833. The number of carbonyl (C=O) groups excluding carboxylic acids is 1. The van der Waals surface area contributed by atoms with Gasteiger partial charge in [-0.1, -0.05) is 22.0 Å². The lowest BCUT2D eigenvalue weighted by Crippen LogP contribution is -2.30. The summed E-state index contributed by atoms with van der Waals surface area (Å²) in [6.45, 7) is 0.391. The maximum Gasteiger partial charge on any atom is 0.258 e. The smallest absolute Gasteiger partial charge is 0.258 e. The molecule has 2 aromatic heterocycles. The van der Waals surface area contributed by atoms with Gasteiger partial charge in [0.25, 0.3) is 5.91 Å². The predicted octanol–water partition coefficient (Wildman–Crippen LogP) is 4.88. The first-order valence-corrected chi connectivity index (χ1v) is 9.57. The average Bonchev–Trinajstić information content (AvgIpc) is 3.28. The molecule has 0 aliphatic rings. The SMILES string of the molecule is O=C(c1ccc(-n2cccn2)cc1)N(Cc1ccccn1)c1ccc(Br)cc1. The second-order valence-corrected chi connectivity index (χ2v) is 7.10. The van der Waals surface area contributed by atoms with E-state index in [4.69, 9.17) is 0 Å². The van der Waals surface area contributed by atoms with Gasteiger partial charge >= 0.3 is 0 Å². The van der Waals surface area contributed by atoms with E-state index in [-0.39, 0.29) is 5.91 Å². The highest BCUT2D eigenvalue weighted by Gasteiger charge is 2.19. The molecule has 0 bridgehead atoms. The number of carbonyl (C=O) groups is 1. The van der Waals surface area contributed by atoms with Crippen LogP contribution in [0.2, 0.25) is 0 Å². The Bertz CT molecular complexity index is 1050. The second-order valence-electron chi connectivity index (χ2n) is 6.19. The molecule has 2 aromatic carbocycles. The van der Waals surface area contributed by atoms with E-state index in [1.54, 1.807) is 22.0 Å². The van der Waals surface area contributed by atoms with Crippen LogP contribution in [0.3, 0.4) is 0 Å². The molecule has 0 unspecified atom stereocenters. The van der Waals surface area contributed by atoms with Gasteiger partial charge in [-0.2, -0.15) is 5.10 Å². The van der Waals surface area contributed by atoms with E-state index in [0.717, 1.165) is 21.5 Å². The Labute approximate surface area is 171 Å². The monoisotopic (exact) mass is 432 g/mol. The largest absolute Gasteiger partial charge is 0.302 e. The van der Waals surface area contributed by atoms with E-state index < -0.39 is 0 Å². The minimum Gasteiger partial charge on any atom is -0.302 e. The topological polar surface area (TPSA) is 51.0 Å². The van der Waals surface area contributed by atoms with Crippen LogP contribution in [0, 0.1) is 0 Å². The van der Waals surface area contributed by atoms with Gasteiger partial charge in [0.2, 0.25) is 0 Å². The fourth-order valence-corrected chi connectivity index (χ4v) is 3.15. The first-order chi connectivity index (χ1) is 13.7. The fourth-order valence-electron chi connectivity index (χ4n) is 2.89. The van der Waals surface area contributed by atoms with Crippen molar-refractivity contribution in [3.05, 3.63) is 107 Å². The van der Waals surface area contributed by atoms with Gasteiger partial charge in [-0.15, -0.1) is 0 Å². The van der Waals surface area contributed by atoms with Crippen molar-refractivity contribution in [1.29, 1.82) is 0 Å². The number of aromatic nitrogens is 3. The Morgan fingerprint density at radius 1 is 0.929 bits per heavy atom. The Morgan fingerprint density at radius 3 is 2.36 bits per heavy atom. The first-order valence-electron chi connectivity index (χ1n) is 8.78. The minimum absolute atomic E-state index is 0.0833. The lowest BCUT2D eigenvalue weighted by atomic mass is 10.1. The van der Waals surface area contributed by atoms with Gasteiger partial charge in [-0.05, 0) is 66.7 Å². The molecule has 28 heavy (non-hydrogen) atoms. The molecule has 0 fully saturated rings. The molecule has 0 N–H and O–H groups in total. The minimum atomic E-state index is -0.0833. The zero-order valence-corrected chi connectivity index (χ0v) is 16.5. The molecule has 0 atom stereocenters. The van der Waals surface area contributed by atoms with E-state index in [1.165, 1.54) is 0 Å². The van der Waals surface area contributed by atoms with E-state index in [0.29, 0.717) is 12.1 Å². The lowest BCUT2D eigenvalue weighted by molar-refractivity contribution is 0.0985. The number of nitrogens with zero attached hydrogens (tertiary/aromatic N) is 4. The number of benzene rings is 2. The summed E-state index contributed by atoms with van der Waals surface area (Å²) in [5.41, 5.74) is 3.15. The van der Waals surface area contributed by atoms with Crippen LogP contribution in [0.1, 0.15) is 16.1 Å². The Hall–Kier alpha value is -3.25. The molecule has 0 radical (unpaired) electrons. The van der Waals surface area contributed by atoms with Crippen molar-refractivity contribution in [3.63, 3.8) is 0 Å². The summed E-state index contributed by atoms with van der Waals surface area (Å²) in [6, 6.07) is 22.7. The molecule has 0 saturated carbocycles. The van der Waals surface area contributed by atoms with Crippen LogP contribution in [0.25, 0.3) is 5.69 Å². The van der Waals surface area contributed by atoms with E-state index in [2.05, 4.69) is 26.0 Å². The summed E-state index contributed by atoms with van der Waals surface area (Å²) in [5, 5.41) is 4.22. The molecule has 5 nitrogen and oxygen atoms in total. The molecular weight excluding hydrogens is 416 g/mol. The van der Waals surface area contributed by atoms with Gasteiger partial charge in [0.05, 0.1) is 17.9 Å². The molecule has 138 valence electrons. The van der Waals surface area contributed by atoms with Gasteiger partial charge in [0.15, 0.2) is 0 Å². The Balaban J connectivity index is 1.65. The van der Waals surface area contributed by atoms with Crippen LogP contribution >= 0.6 is 15.9 Å². The number of hydrogen-bond donors (Lipinski definition) is 0. The first kappa shape index (κ1) is 18.1. The molecule has 0 spiro atoms. The number of halogens is 1. The summed E-state index contributed by atoms with van der Waals surface area (Å²) in [7, 11) is 0. The molecule has 1 amide bonds. The highest BCUT2D eigenvalue weighted by Crippen LogP contribution is 2.23. The number of amides is 1. The fraction of sp³-hybridized carbons (Fsp3) is 0.0455. The normalized spacial score (nSPS) is 10.6. The Morgan fingerprint density at radius 2 is 1.71 bits per heavy atom. The second kappa shape index (κ2) is 8.19. The molecule has 0 aliphatic carbocycles. The van der Waals surface area contributed by atoms with Crippen molar-refractivity contribution in [2.45, 2.75) is 6.54 Å². The van der Waals surface area contributed by atoms with Crippen LogP contribution in [-0.2, 0) is 6.54 Å². The standard InChI is InChI=1S/C22H17BrN4O/c23-18-7-11-20(12-8-18)26(16-19-4-1-2-13-24-19)22(28)17-5-9-21(10-6-17)27-15-3-14-25-27/h1-15H,16H2. The van der Waals surface area contributed by atoms with Gasteiger partial charge in [0.1, 0.15) is 0 Å². The Kier molecular flexibility index (Phi) is 5.30. The third kappa shape index (κ3) is 4.02. The van der Waals surface area contributed by atoms with Gasteiger partial charge in [-0.25, -0.2) is 4.68 Å². The predicted molar refractivity (Wildman–Crippen MR) is 112 cm³/mol. The van der Waals surface area contributed by atoms with Gasteiger partial charge < -0.3 is 4.90 Å². The van der Waals surface area contributed by atoms with Crippen molar-refractivity contribution in [3.8, 4) is 5.69 Å². The third-order valence-electron chi connectivity index (χ3n) is 4.31. The summed E-state index contributed by atoms with van der Waals surface area (Å²) < 4.78 is 2.72. The average molecular weight is 433 g/mol. The van der Waals surface area contributed by atoms with Crippen molar-refractivity contribution in [1.82, 2.24) is 14.8 Å². The quantitative estimate of drug-likeness (QED) is 0.451. The van der Waals surface area contributed by atoms with E-state index in [9.17, 15) is 4.79 Å². The van der Waals surface area contributed by atoms with Crippen LogP contribution in [-0.4, -0.2) is 20.7 Å². The van der Waals surface area contributed by atoms with Crippen molar-refractivity contribution in [2.24, 2.45) is 0 Å². The summed E-state index contributed by atoms with van der Waals surface area (Å²) in [4.78, 5) is 19.4. The zero-order chi connectivity index (χ0) is 19.3.